The summed E-state index contributed by atoms with van der Waals surface area (Å²) in [6, 6.07) is 0. The Bertz CT molecular complexity index is 37.8. The summed E-state index contributed by atoms with van der Waals surface area (Å²) < 4.78 is 9.58. The summed E-state index contributed by atoms with van der Waals surface area (Å²) in [5.74, 6) is 1.05. The second-order valence-corrected chi connectivity index (χ2v) is 2.89. The van der Waals surface area contributed by atoms with Gasteiger partial charge in [0.1, 0.15) is 0 Å². The number of hydrogen-bond donors (Lipinski definition) is 0. The van der Waals surface area contributed by atoms with Crippen LogP contribution in [0.25, 0.3) is 0 Å². The fraction of sp³-hybridized carbons (Fsp3) is 1.00. The Kier molecular flexibility index (Phi) is 5.70. The average molecular weight is 123 g/mol. The lowest BCUT2D eigenvalue weighted by Gasteiger charge is -1.70. The SMILES string of the molecule is CCSC[S+]=O. The summed E-state index contributed by atoms with van der Waals surface area (Å²) >= 11 is 2.30. The van der Waals surface area contributed by atoms with E-state index in [1.807, 2.05) is 6.92 Å². The standard InChI is InChI=1S/C3H7OS2/c1-2-5-3-6-4/h2-3H2,1H3/q+1. The second-order valence-electron chi connectivity index (χ2n) is 0.729. The van der Waals surface area contributed by atoms with E-state index in [-0.39, 0.29) is 0 Å². The molecule has 0 saturated carbocycles. The Labute approximate surface area is 46.0 Å². The van der Waals surface area contributed by atoms with Crippen molar-refractivity contribution in [1.82, 2.24) is 0 Å². The first-order valence-electron chi connectivity index (χ1n) is 1.74. The molecule has 0 atom stereocenters. The van der Waals surface area contributed by atoms with Gasteiger partial charge in [0.15, 0.2) is 0 Å². The molecule has 1 nitrogen and oxygen atoms in total. The molecule has 0 aromatic carbocycles. The predicted molar refractivity (Wildman–Crippen MR) is 31.1 cm³/mol. The van der Waals surface area contributed by atoms with Crippen LogP contribution in [0.1, 0.15) is 6.92 Å². The predicted octanol–water partition coefficient (Wildman–Crippen LogP) is 1.13. The highest BCUT2D eigenvalue weighted by Crippen LogP contribution is 1.93. The largest absolute Gasteiger partial charge is 0.470 e. The van der Waals surface area contributed by atoms with Crippen molar-refractivity contribution in [3.8, 4) is 0 Å². The monoisotopic (exact) mass is 123 g/mol. The maximum atomic E-state index is 9.58. The van der Waals surface area contributed by atoms with Gasteiger partial charge in [0.2, 0.25) is 0 Å². The van der Waals surface area contributed by atoms with Gasteiger partial charge in [-0.1, -0.05) is 18.7 Å². The minimum atomic E-state index is 0.639. The summed E-state index contributed by atoms with van der Waals surface area (Å²) in [4.78, 5) is 0. The van der Waals surface area contributed by atoms with E-state index in [0.29, 0.717) is 16.8 Å². The molecule has 36 valence electrons. The molecular weight excluding hydrogens is 116 g/mol. The molecule has 0 spiro atoms. The zero-order valence-electron chi connectivity index (χ0n) is 3.64. The third kappa shape index (κ3) is 4.37. The lowest BCUT2D eigenvalue weighted by atomic mass is 11.0. The molecule has 0 heterocycles. The maximum absolute atomic E-state index is 9.58. The maximum Gasteiger partial charge on any atom is 0.470 e. The van der Waals surface area contributed by atoms with Gasteiger partial charge in [0.25, 0.3) is 5.08 Å². The first-order chi connectivity index (χ1) is 2.91. The first-order valence-corrected chi connectivity index (χ1v) is 3.81. The van der Waals surface area contributed by atoms with E-state index in [1.165, 1.54) is 0 Å². The molecule has 0 amide bonds. The fourth-order valence-electron chi connectivity index (χ4n) is 0.117. The van der Waals surface area contributed by atoms with Crippen LogP contribution in [0.4, 0.5) is 0 Å². The second kappa shape index (κ2) is 5.37. The smallest absolute Gasteiger partial charge is 0.0943 e. The van der Waals surface area contributed by atoms with Gasteiger partial charge in [0, 0.05) is 4.21 Å². The molecule has 0 saturated heterocycles. The molecule has 0 unspecified atom stereocenters. The molecule has 0 bridgehead atoms. The van der Waals surface area contributed by atoms with Crippen molar-refractivity contribution in [3.05, 3.63) is 0 Å². The van der Waals surface area contributed by atoms with Crippen LogP contribution >= 0.6 is 11.8 Å². The molecule has 6 heavy (non-hydrogen) atoms. The molecule has 0 aromatic rings. The van der Waals surface area contributed by atoms with Gasteiger partial charge in [-0.3, -0.25) is 0 Å². The summed E-state index contributed by atoms with van der Waals surface area (Å²) in [5.41, 5.74) is 0. The van der Waals surface area contributed by atoms with Gasteiger partial charge in [-0.2, -0.15) is 0 Å². The van der Waals surface area contributed by atoms with E-state index in [2.05, 4.69) is 0 Å². The van der Waals surface area contributed by atoms with Crippen molar-refractivity contribution in [2.45, 2.75) is 6.92 Å². The minimum absolute atomic E-state index is 0.639. The highest BCUT2D eigenvalue weighted by atomic mass is 32.2. The van der Waals surface area contributed by atoms with E-state index in [0.717, 1.165) is 5.75 Å². The van der Waals surface area contributed by atoms with Crippen molar-refractivity contribution in [1.29, 1.82) is 0 Å². The highest BCUT2D eigenvalue weighted by molar-refractivity contribution is 8.06. The summed E-state index contributed by atoms with van der Waals surface area (Å²) in [5, 5.41) is 0.691. The Morgan fingerprint density at radius 2 is 2.50 bits per heavy atom. The Hall–Kier alpha value is 0.370. The number of hydrogen-bond acceptors (Lipinski definition) is 2. The van der Waals surface area contributed by atoms with Gasteiger partial charge < -0.3 is 0 Å². The number of rotatable bonds is 3. The molecule has 0 aromatic heterocycles. The van der Waals surface area contributed by atoms with E-state index in [4.69, 9.17) is 0 Å². The van der Waals surface area contributed by atoms with Crippen molar-refractivity contribution >= 4 is 23.4 Å². The van der Waals surface area contributed by atoms with E-state index < -0.39 is 0 Å². The highest BCUT2D eigenvalue weighted by Gasteiger charge is 1.91. The van der Waals surface area contributed by atoms with Crippen LogP contribution in [0.5, 0.6) is 0 Å². The zero-order chi connectivity index (χ0) is 4.83. The molecule has 0 aliphatic rings. The van der Waals surface area contributed by atoms with E-state index >= 15 is 0 Å². The molecule has 0 rings (SSSR count). The van der Waals surface area contributed by atoms with Crippen LogP contribution in [0.2, 0.25) is 0 Å². The quantitative estimate of drug-likeness (QED) is 0.318. The molecule has 0 radical (unpaired) electrons. The summed E-state index contributed by atoms with van der Waals surface area (Å²) in [6.07, 6.45) is 0. The van der Waals surface area contributed by atoms with Crippen LogP contribution in [0.3, 0.4) is 0 Å². The van der Waals surface area contributed by atoms with E-state index in [9.17, 15) is 4.21 Å². The molecule has 0 aliphatic heterocycles. The lowest BCUT2D eigenvalue weighted by molar-refractivity contribution is 0.607. The van der Waals surface area contributed by atoms with Crippen LogP contribution in [0.15, 0.2) is 0 Å². The molecule has 0 aliphatic carbocycles. The normalized spacial score (nSPS) is 8.17. The third-order valence-corrected chi connectivity index (χ3v) is 1.80. The van der Waals surface area contributed by atoms with Gasteiger partial charge in [-0.15, -0.1) is 0 Å². The Morgan fingerprint density at radius 1 is 1.83 bits per heavy atom. The Morgan fingerprint density at radius 3 is 2.67 bits per heavy atom. The molecule has 3 heteroatoms. The summed E-state index contributed by atoms with van der Waals surface area (Å²) in [6.45, 7) is 2.04. The zero-order valence-corrected chi connectivity index (χ0v) is 5.27. The van der Waals surface area contributed by atoms with Gasteiger partial charge in [-0.05, 0) is 5.75 Å². The van der Waals surface area contributed by atoms with Crippen molar-refractivity contribution in [2.24, 2.45) is 0 Å². The minimum Gasteiger partial charge on any atom is -0.0943 e. The van der Waals surface area contributed by atoms with Crippen LogP contribution in [0, 0.1) is 0 Å². The molecule has 0 fully saturated rings. The van der Waals surface area contributed by atoms with Gasteiger partial charge >= 0.3 is 11.7 Å². The third-order valence-electron chi connectivity index (χ3n) is 0.336. The first kappa shape index (κ1) is 6.37. The van der Waals surface area contributed by atoms with Crippen LogP contribution in [-0.2, 0) is 15.9 Å². The topological polar surface area (TPSA) is 17.1 Å². The van der Waals surface area contributed by atoms with Crippen LogP contribution in [-0.4, -0.2) is 10.8 Å². The van der Waals surface area contributed by atoms with Crippen molar-refractivity contribution < 1.29 is 4.21 Å². The van der Waals surface area contributed by atoms with Crippen molar-refractivity contribution in [2.75, 3.05) is 10.8 Å². The van der Waals surface area contributed by atoms with Gasteiger partial charge in [0.05, 0.1) is 0 Å². The van der Waals surface area contributed by atoms with E-state index in [1.54, 1.807) is 11.8 Å². The van der Waals surface area contributed by atoms with Crippen molar-refractivity contribution in [3.63, 3.8) is 0 Å². The average Bonchev–Trinajstić information content (AvgIpc) is 1.61. The molecular formula is C3H7OS2+. The molecule has 0 N–H and O–H groups in total. The number of thioether (sulfide) groups is 1. The fourth-order valence-corrected chi connectivity index (χ4v) is 1.06. The summed E-state index contributed by atoms with van der Waals surface area (Å²) in [7, 11) is 0. The van der Waals surface area contributed by atoms with Crippen LogP contribution < -0.4 is 0 Å². The van der Waals surface area contributed by atoms with Gasteiger partial charge in [-0.25, -0.2) is 0 Å². The lowest BCUT2D eigenvalue weighted by Crippen LogP contribution is -1.70. The Balaban J connectivity index is 2.49.